The molecule has 1 aliphatic rings. The zero-order valence-corrected chi connectivity index (χ0v) is 12.5. The lowest BCUT2D eigenvalue weighted by molar-refractivity contribution is 0.230. The fourth-order valence-corrected chi connectivity index (χ4v) is 3.31. The molecule has 1 N–H and O–H groups in total. The third-order valence-electron chi connectivity index (χ3n) is 4.27. The Bertz CT molecular complexity index is 413. The lowest BCUT2D eigenvalue weighted by atomic mass is 9.77. The van der Waals surface area contributed by atoms with Gasteiger partial charge in [-0.05, 0) is 37.3 Å². The highest BCUT2D eigenvalue weighted by Crippen LogP contribution is 2.38. The number of nitrogens with one attached hydrogen (secondary N) is 1. The van der Waals surface area contributed by atoms with Gasteiger partial charge in [-0.15, -0.1) is 0 Å². The minimum Gasteiger partial charge on any atom is -0.310 e. The summed E-state index contributed by atoms with van der Waals surface area (Å²) in [6.45, 7) is 5.22. The minimum atomic E-state index is -0.256. The van der Waals surface area contributed by atoms with Crippen LogP contribution in [0.2, 0.25) is 5.02 Å². The van der Waals surface area contributed by atoms with Gasteiger partial charge in [-0.1, -0.05) is 50.4 Å². The molecule has 1 aromatic carbocycles. The van der Waals surface area contributed by atoms with Gasteiger partial charge in [0.1, 0.15) is 5.82 Å². The first-order valence-corrected chi connectivity index (χ1v) is 7.68. The van der Waals surface area contributed by atoms with Crippen LogP contribution in [0.15, 0.2) is 18.2 Å². The molecule has 2 rings (SSSR count). The quantitative estimate of drug-likeness (QED) is 0.824. The molecule has 1 aliphatic carbocycles. The molecule has 1 unspecified atom stereocenters. The molecule has 0 saturated heterocycles. The number of benzene rings is 1. The predicted molar refractivity (Wildman–Crippen MR) is 78.9 cm³/mol. The van der Waals surface area contributed by atoms with Crippen LogP contribution in [0.1, 0.15) is 51.1 Å². The molecule has 0 aromatic heterocycles. The highest BCUT2D eigenvalue weighted by molar-refractivity contribution is 6.30. The first-order chi connectivity index (χ1) is 9.13. The molecule has 0 amide bonds. The molecular weight excluding hydrogens is 261 g/mol. The summed E-state index contributed by atoms with van der Waals surface area (Å²) in [4.78, 5) is 0. The Morgan fingerprint density at radius 1 is 1.32 bits per heavy atom. The summed E-state index contributed by atoms with van der Waals surface area (Å²) in [5, 5.41) is 3.68. The molecule has 19 heavy (non-hydrogen) atoms. The van der Waals surface area contributed by atoms with Crippen LogP contribution < -0.4 is 5.32 Å². The summed E-state index contributed by atoms with van der Waals surface area (Å²) < 4.78 is 14.2. The summed E-state index contributed by atoms with van der Waals surface area (Å²) in [7, 11) is 0. The largest absolute Gasteiger partial charge is 0.310 e. The Labute approximate surface area is 120 Å². The van der Waals surface area contributed by atoms with Crippen LogP contribution in [0.3, 0.4) is 0 Å². The van der Waals surface area contributed by atoms with E-state index in [0.717, 1.165) is 18.0 Å². The fraction of sp³-hybridized carbons (Fsp3) is 0.625. The second-order valence-corrected chi connectivity index (χ2v) is 6.11. The van der Waals surface area contributed by atoms with Crippen molar-refractivity contribution >= 4 is 11.6 Å². The van der Waals surface area contributed by atoms with E-state index in [1.54, 1.807) is 6.07 Å². The molecule has 1 fully saturated rings. The topological polar surface area (TPSA) is 12.0 Å². The lowest BCUT2D eigenvalue weighted by Gasteiger charge is -2.33. The molecule has 0 aliphatic heterocycles. The number of halogens is 2. The smallest absolute Gasteiger partial charge is 0.146 e. The summed E-state index contributed by atoms with van der Waals surface area (Å²) in [6, 6.07) is 5.42. The van der Waals surface area contributed by atoms with Gasteiger partial charge in [0, 0.05) is 11.6 Å². The predicted octanol–water partition coefficient (Wildman–Crippen LogP) is 4.96. The van der Waals surface area contributed by atoms with Gasteiger partial charge in [0.2, 0.25) is 0 Å². The van der Waals surface area contributed by atoms with E-state index in [0.29, 0.717) is 5.92 Å². The van der Waals surface area contributed by atoms with Crippen LogP contribution in [0, 0.1) is 17.7 Å². The van der Waals surface area contributed by atoms with E-state index in [1.807, 2.05) is 12.1 Å². The first kappa shape index (κ1) is 14.8. The van der Waals surface area contributed by atoms with Crippen molar-refractivity contribution in [2.45, 2.75) is 45.6 Å². The zero-order valence-electron chi connectivity index (χ0n) is 11.8. The van der Waals surface area contributed by atoms with Crippen molar-refractivity contribution in [3.8, 4) is 0 Å². The molecular formula is C16H23ClFN. The maximum absolute atomic E-state index is 14.2. The van der Waals surface area contributed by atoms with E-state index in [1.165, 1.54) is 25.7 Å². The van der Waals surface area contributed by atoms with Crippen molar-refractivity contribution in [3.63, 3.8) is 0 Å². The van der Waals surface area contributed by atoms with Gasteiger partial charge in [0.25, 0.3) is 0 Å². The van der Waals surface area contributed by atoms with Crippen LogP contribution in [-0.2, 0) is 0 Å². The van der Waals surface area contributed by atoms with Crippen molar-refractivity contribution in [1.82, 2.24) is 5.32 Å². The van der Waals surface area contributed by atoms with Gasteiger partial charge in [-0.25, -0.2) is 4.39 Å². The average molecular weight is 284 g/mol. The van der Waals surface area contributed by atoms with Crippen LogP contribution in [0.25, 0.3) is 0 Å². The normalized spacial score (nSPS) is 25.3. The van der Waals surface area contributed by atoms with Crippen molar-refractivity contribution < 1.29 is 4.39 Å². The lowest BCUT2D eigenvalue weighted by Crippen LogP contribution is -2.31. The molecule has 1 nitrogen and oxygen atoms in total. The number of hydrogen-bond donors (Lipinski definition) is 1. The molecule has 0 bridgehead atoms. The molecule has 106 valence electrons. The van der Waals surface area contributed by atoms with Crippen LogP contribution >= 0.6 is 11.6 Å². The van der Waals surface area contributed by atoms with Crippen molar-refractivity contribution in [3.05, 3.63) is 34.6 Å². The van der Waals surface area contributed by atoms with Gasteiger partial charge in [-0.2, -0.15) is 0 Å². The monoisotopic (exact) mass is 283 g/mol. The van der Waals surface area contributed by atoms with Gasteiger partial charge in [-0.3, -0.25) is 0 Å². The summed E-state index contributed by atoms with van der Waals surface area (Å²) >= 11 is 5.92. The second kappa shape index (κ2) is 6.71. The average Bonchev–Trinajstić information content (AvgIpc) is 2.41. The van der Waals surface area contributed by atoms with E-state index in [4.69, 9.17) is 11.6 Å². The van der Waals surface area contributed by atoms with Crippen LogP contribution in [0.5, 0.6) is 0 Å². The van der Waals surface area contributed by atoms with E-state index in [9.17, 15) is 4.39 Å². The van der Waals surface area contributed by atoms with Crippen molar-refractivity contribution in [1.29, 1.82) is 0 Å². The van der Waals surface area contributed by atoms with Crippen LogP contribution in [-0.4, -0.2) is 6.54 Å². The van der Waals surface area contributed by atoms with Crippen molar-refractivity contribution in [2.24, 2.45) is 11.8 Å². The second-order valence-electron chi connectivity index (χ2n) is 5.70. The molecule has 1 saturated carbocycles. The van der Waals surface area contributed by atoms with E-state index >= 15 is 0 Å². The van der Waals surface area contributed by atoms with Gasteiger partial charge >= 0.3 is 0 Å². The molecule has 3 heteroatoms. The van der Waals surface area contributed by atoms with Gasteiger partial charge in [0.15, 0.2) is 0 Å². The molecule has 1 aromatic rings. The summed E-state index contributed by atoms with van der Waals surface area (Å²) in [5.74, 6) is 1.07. The fourth-order valence-electron chi connectivity index (χ4n) is 3.13. The highest BCUT2D eigenvalue weighted by atomic mass is 35.5. The Balaban J connectivity index is 2.22. The Kier molecular flexibility index (Phi) is 5.23. The zero-order chi connectivity index (χ0) is 13.8. The molecule has 0 heterocycles. The molecule has 1 atom stereocenters. The summed E-state index contributed by atoms with van der Waals surface area (Å²) in [5.41, 5.74) is 0.730. The van der Waals surface area contributed by atoms with E-state index in [-0.39, 0.29) is 16.9 Å². The van der Waals surface area contributed by atoms with Gasteiger partial charge < -0.3 is 5.32 Å². The standard InChI is InChI=1S/C16H23ClFN/c1-3-19-16(12-9-7-11(2)8-10-12)13-5-4-6-14(17)15(13)18/h4-6,11-12,16,19H,3,7-10H2,1-2H3. The minimum absolute atomic E-state index is 0.0937. The maximum Gasteiger partial charge on any atom is 0.146 e. The Hall–Kier alpha value is -0.600. The first-order valence-electron chi connectivity index (χ1n) is 7.30. The van der Waals surface area contributed by atoms with Crippen LogP contribution in [0.4, 0.5) is 4.39 Å². The van der Waals surface area contributed by atoms with Gasteiger partial charge in [0.05, 0.1) is 5.02 Å². The van der Waals surface area contributed by atoms with Crippen molar-refractivity contribution in [2.75, 3.05) is 6.54 Å². The van der Waals surface area contributed by atoms with E-state index < -0.39 is 0 Å². The Morgan fingerprint density at radius 3 is 2.63 bits per heavy atom. The summed E-state index contributed by atoms with van der Waals surface area (Å²) in [6.07, 6.45) is 4.83. The number of hydrogen-bond acceptors (Lipinski definition) is 1. The highest BCUT2D eigenvalue weighted by Gasteiger charge is 2.28. The Morgan fingerprint density at radius 2 is 2.00 bits per heavy atom. The maximum atomic E-state index is 14.2. The number of rotatable bonds is 4. The molecule has 0 spiro atoms. The molecule has 0 radical (unpaired) electrons. The SMILES string of the molecule is CCNC(c1cccc(Cl)c1F)C1CCC(C)CC1. The third-order valence-corrected chi connectivity index (χ3v) is 4.56. The third kappa shape index (κ3) is 3.49. The van der Waals surface area contributed by atoms with E-state index in [2.05, 4.69) is 19.2 Å².